The van der Waals surface area contributed by atoms with Crippen LogP contribution in [0.5, 0.6) is 0 Å². The molecule has 0 spiro atoms. The SMILES string of the molecule is Cc1cccc(C)c1NC(=O)Cn1c(=O)cc(C(=O)N2CCc3ccccc3C2)c2ccccc21. The Morgan fingerprint density at radius 2 is 1.57 bits per heavy atom. The van der Waals surface area contributed by atoms with E-state index in [2.05, 4.69) is 11.4 Å². The van der Waals surface area contributed by atoms with Gasteiger partial charge in [-0.1, -0.05) is 60.7 Å². The highest BCUT2D eigenvalue weighted by molar-refractivity contribution is 6.06. The monoisotopic (exact) mass is 465 g/mol. The number of amides is 2. The van der Waals surface area contributed by atoms with Gasteiger partial charge in [0.15, 0.2) is 0 Å². The van der Waals surface area contributed by atoms with Crippen LogP contribution in [0.3, 0.4) is 0 Å². The van der Waals surface area contributed by atoms with E-state index >= 15 is 0 Å². The largest absolute Gasteiger partial charge is 0.334 e. The summed E-state index contributed by atoms with van der Waals surface area (Å²) >= 11 is 0. The van der Waals surface area contributed by atoms with Gasteiger partial charge in [0.05, 0.1) is 11.1 Å². The molecule has 35 heavy (non-hydrogen) atoms. The molecule has 1 N–H and O–H groups in total. The Bertz CT molecular complexity index is 1500. The topological polar surface area (TPSA) is 71.4 Å². The fraction of sp³-hybridized carbons (Fsp3) is 0.207. The Balaban J connectivity index is 1.46. The van der Waals surface area contributed by atoms with Crippen LogP contribution in [-0.2, 0) is 24.3 Å². The molecule has 1 aromatic heterocycles. The Morgan fingerprint density at radius 1 is 0.886 bits per heavy atom. The van der Waals surface area contributed by atoms with Crippen molar-refractivity contribution < 1.29 is 9.59 Å². The summed E-state index contributed by atoms with van der Waals surface area (Å²) in [6.07, 6.45) is 0.787. The molecule has 4 aromatic rings. The summed E-state index contributed by atoms with van der Waals surface area (Å²) in [7, 11) is 0. The first-order chi connectivity index (χ1) is 16.9. The molecule has 0 saturated heterocycles. The highest BCUT2D eigenvalue weighted by Gasteiger charge is 2.24. The third-order valence-corrected chi connectivity index (χ3v) is 6.71. The normalized spacial score (nSPS) is 12.9. The Labute approximate surface area is 203 Å². The highest BCUT2D eigenvalue weighted by Crippen LogP contribution is 2.24. The van der Waals surface area contributed by atoms with Gasteiger partial charge in [-0.15, -0.1) is 0 Å². The quantitative estimate of drug-likeness (QED) is 0.484. The van der Waals surface area contributed by atoms with Gasteiger partial charge in [0.1, 0.15) is 6.54 Å². The molecule has 0 radical (unpaired) electrons. The summed E-state index contributed by atoms with van der Waals surface area (Å²) < 4.78 is 1.43. The minimum Gasteiger partial charge on any atom is -0.334 e. The Morgan fingerprint density at radius 3 is 2.34 bits per heavy atom. The molecule has 6 heteroatoms. The predicted molar refractivity (Wildman–Crippen MR) is 138 cm³/mol. The van der Waals surface area contributed by atoms with Crippen molar-refractivity contribution in [2.75, 3.05) is 11.9 Å². The second-order valence-corrected chi connectivity index (χ2v) is 9.06. The number of carbonyl (C=O) groups excluding carboxylic acids is 2. The van der Waals surface area contributed by atoms with Crippen LogP contribution in [0.1, 0.15) is 32.6 Å². The molecule has 0 aliphatic carbocycles. The van der Waals surface area contributed by atoms with Gasteiger partial charge in [-0.3, -0.25) is 19.0 Å². The molecule has 0 unspecified atom stereocenters. The van der Waals surface area contributed by atoms with Gasteiger partial charge < -0.3 is 10.2 Å². The van der Waals surface area contributed by atoms with Crippen LogP contribution in [0.2, 0.25) is 0 Å². The van der Waals surface area contributed by atoms with Crippen LogP contribution in [-0.4, -0.2) is 27.8 Å². The van der Waals surface area contributed by atoms with E-state index in [9.17, 15) is 14.4 Å². The van der Waals surface area contributed by atoms with Crippen molar-refractivity contribution in [2.45, 2.75) is 33.4 Å². The third kappa shape index (κ3) is 4.35. The summed E-state index contributed by atoms with van der Waals surface area (Å²) in [5.74, 6) is -0.457. The first-order valence-corrected chi connectivity index (χ1v) is 11.8. The minimum absolute atomic E-state index is 0.140. The third-order valence-electron chi connectivity index (χ3n) is 6.71. The van der Waals surface area contributed by atoms with E-state index < -0.39 is 0 Å². The van der Waals surface area contributed by atoms with Gasteiger partial charge >= 0.3 is 0 Å². The summed E-state index contributed by atoms with van der Waals surface area (Å²) in [4.78, 5) is 41.4. The lowest BCUT2D eigenvalue weighted by molar-refractivity contribution is -0.116. The lowest BCUT2D eigenvalue weighted by atomic mass is 9.98. The number of para-hydroxylation sites is 2. The molecule has 1 aliphatic heterocycles. The summed E-state index contributed by atoms with van der Waals surface area (Å²) in [5.41, 5.74) is 5.63. The van der Waals surface area contributed by atoms with Crippen molar-refractivity contribution in [2.24, 2.45) is 0 Å². The molecule has 6 nitrogen and oxygen atoms in total. The molecule has 2 heterocycles. The second-order valence-electron chi connectivity index (χ2n) is 9.06. The number of carbonyl (C=O) groups is 2. The maximum absolute atomic E-state index is 13.5. The zero-order chi connectivity index (χ0) is 24.5. The van der Waals surface area contributed by atoms with E-state index in [0.717, 1.165) is 28.8 Å². The van der Waals surface area contributed by atoms with Gasteiger partial charge in [-0.25, -0.2) is 0 Å². The van der Waals surface area contributed by atoms with Crippen LogP contribution in [0.4, 0.5) is 5.69 Å². The van der Waals surface area contributed by atoms with Crippen molar-refractivity contribution in [3.05, 3.63) is 111 Å². The Kier molecular flexibility index (Phi) is 5.95. The number of aromatic nitrogens is 1. The average Bonchev–Trinajstić information content (AvgIpc) is 2.87. The first kappa shape index (κ1) is 22.6. The standard InChI is InChI=1S/C29H27N3O3/c1-19-8-7-9-20(2)28(19)30-26(33)18-32-25-13-6-5-12-23(25)24(16-27(32)34)29(35)31-15-14-21-10-3-4-11-22(21)17-31/h3-13,16H,14-15,17-18H2,1-2H3,(H,30,33). The number of rotatable bonds is 4. The molecular weight excluding hydrogens is 438 g/mol. The molecule has 5 rings (SSSR count). The lowest BCUT2D eigenvalue weighted by Crippen LogP contribution is -2.37. The van der Waals surface area contributed by atoms with E-state index in [1.54, 1.807) is 11.0 Å². The van der Waals surface area contributed by atoms with Gasteiger partial charge in [0.25, 0.3) is 11.5 Å². The lowest BCUT2D eigenvalue weighted by Gasteiger charge is -2.29. The van der Waals surface area contributed by atoms with E-state index in [4.69, 9.17) is 0 Å². The number of nitrogens with one attached hydrogen (secondary N) is 1. The number of fused-ring (bicyclic) bond motifs is 2. The van der Waals surface area contributed by atoms with E-state index in [-0.39, 0.29) is 23.9 Å². The maximum Gasteiger partial charge on any atom is 0.255 e. The van der Waals surface area contributed by atoms with Crippen LogP contribution in [0, 0.1) is 13.8 Å². The molecule has 0 atom stereocenters. The van der Waals surface area contributed by atoms with Crippen molar-refractivity contribution in [1.29, 1.82) is 0 Å². The molecule has 0 fully saturated rings. The number of aryl methyl sites for hydroxylation is 2. The Hall–Kier alpha value is -4.19. The van der Waals surface area contributed by atoms with Crippen LogP contribution in [0.25, 0.3) is 10.9 Å². The van der Waals surface area contributed by atoms with Crippen LogP contribution < -0.4 is 10.9 Å². The van der Waals surface area contributed by atoms with Crippen LogP contribution >= 0.6 is 0 Å². The number of pyridine rings is 1. The van der Waals surface area contributed by atoms with E-state index in [1.165, 1.54) is 16.2 Å². The van der Waals surface area contributed by atoms with Gasteiger partial charge in [0.2, 0.25) is 5.91 Å². The number of hydrogen-bond donors (Lipinski definition) is 1. The molecule has 1 aliphatic rings. The maximum atomic E-state index is 13.5. The van der Waals surface area contributed by atoms with Crippen molar-refractivity contribution >= 4 is 28.4 Å². The highest BCUT2D eigenvalue weighted by atomic mass is 16.2. The fourth-order valence-corrected chi connectivity index (χ4v) is 4.85. The van der Waals surface area contributed by atoms with Crippen LogP contribution in [0.15, 0.2) is 77.6 Å². The number of hydrogen-bond acceptors (Lipinski definition) is 3. The average molecular weight is 466 g/mol. The fourth-order valence-electron chi connectivity index (χ4n) is 4.85. The molecule has 176 valence electrons. The van der Waals surface area contributed by atoms with Gasteiger partial charge in [-0.2, -0.15) is 0 Å². The van der Waals surface area contributed by atoms with Crippen molar-refractivity contribution in [1.82, 2.24) is 9.47 Å². The van der Waals surface area contributed by atoms with E-state index in [1.807, 2.05) is 68.4 Å². The van der Waals surface area contributed by atoms with Gasteiger partial charge in [0, 0.05) is 30.2 Å². The molecule has 2 amide bonds. The number of benzene rings is 3. The zero-order valence-corrected chi connectivity index (χ0v) is 19.9. The summed E-state index contributed by atoms with van der Waals surface area (Å²) in [5, 5.41) is 3.61. The number of anilines is 1. The molecule has 0 bridgehead atoms. The van der Waals surface area contributed by atoms with Gasteiger partial charge in [-0.05, 0) is 48.6 Å². The van der Waals surface area contributed by atoms with E-state index in [0.29, 0.717) is 29.6 Å². The van der Waals surface area contributed by atoms with Crippen molar-refractivity contribution in [3.63, 3.8) is 0 Å². The second kappa shape index (κ2) is 9.22. The first-order valence-electron chi connectivity index (χ1n) is 11.8. The van der Waals surface area contributed by atoms with Crippen molar-refractivity contribution in [3.8, 4) is 0 Å². The summed E-state index contributed by atoms with van der Waals surface area (Å²) in [6.45, 7) is 4.85. The number of nitrogens with zero attached hydrogens (tertiary/aromatic N) is 2. The molecule has 3 aromatic carbocycles. The smallest absolute Gasteiger partial charge is 0.255 e. The minimum atomic E-state index is -0.374. The molecule has 0 saturated carbocycles. The summed E-state index contributed by atoms with van der Waals surface area (Å²) in [6, 6.07) is 22.6. The zero-order valence-electron chi connectivity index (χ0n) is 19.9. The molecular formula is C29H27N3O3. The predicted octanol–water partition coefficient (Wildman–Crippen LogP) is 4.46.